The number of hydrogen-bond donors (Lipinski definition) is 4. The van der Waals surface area contributed by atoms with Crippen LogP contribution in [0, 0.1) is 24.5 Å². The number of pyridine rings is 1. The number of alkyl halides is 8. The number of anilines is 1. The molecule has 0 aliphatic heterocycles. The van der Waals surface area contributed by atoms with E-state index in [1.165, 1.54) is 19.1 Å². The Kier molecular flexibility index (Phi) is 14.0. The summed E-state index contributed by atoms with van der Waals surface area (Å²) in [5, 5.41) is 9.96. The molecule has 0 bridgehead atoms. The Hall–Kier alpha value is -5.89. The molecule has 5 aromatic rings. The number of nitrogens with one attached hydrogen (secondary N) is 2. The van der Waals surface area contributed by atoms with Crippen molar-refractivity contribution in [3.05, 3.63) is 106 Å². The molecule has 29 heteroatoms. The van der Waals surface area contributed by atoms with E-state index in [1.54, 1.807) is 5.32 Å². The second-order valence-corrected chi connectivity index (χ2v) is 19.4. The molecule has 1 aliphatic carbocycles. The van der Waals surface area contributed by atoms with Gasteiger partial charge in [0.1, 0.15) is 30.4 Å². The first-order valence-corrected chi connectivity index (χ1v) is 23.4. The fraction of sp³-hybridized carbons (Fsp3) is 0.333. The molecule has 0 saturated carbocycles. The van der Waals surface area contributed by atoms with Crippen LogP contribution in [0.5, 0.6) is 0 Å². The molecule has 366 valence electrons. The van der Waals surface area contributed by atoms with Crippen LogP contribution in [0.1, 0.15) is 39.9 Å². The van der Waals surface area contributed by atoms with Gasteiger partial charge in [-0.05, 0) is 49.6 Å². The molecule has 3 heterocycles. The predicted molar refractivity (Wildman–Crippen MR) is 220 cm³/mol. The lowest BCUT2D eigenvalue weighted by Crippen LogP contribution is -2.46. The number of fused-ring (bicyclic) bond motifs is 2. The molecule has 3 aromatic heterocycles. The Morgan fingerprint density at radius 2 is 1.66 bits per heavy atom. The molecule has 0 unspecified atom stereocenters. The molecule has 16 nitrogen and oxygen atoms in total. The third-order valence-electron chi connectivity index (χ3n) is 10.2. The maximum atomic E-state index is 15.6. The molecule has 0 fully saturated rings. The van der Waals surface area contributed by atoms with Gasteiger partial charge in [-0.3, -0.25) is 33.3 Å². The summed E-state index contributed by atoms with van der Waals surface area (Å²) >= 11 is 6.50. The molecule has 2 atom stereocenters. The predicted octanol–water partition coefficient (Wildman–Crippen LogP) is 6.25. The average Bonchev–Trinajstić information content (AvgIpc) is 3.82. The van der Waals surface area contributed by atoms with Crippen LogP contribution in [0.25, 0.3) is 22.0 Å². The summed E-state index contributed by atoms with van der Waals surface area (Å²) in [6.07, 6.45) is -11.8. The molecule has 0 radical (unpaired) electrons. The number of hydrogen-bond acceptors (Lipinski definition) is 9. The molecule has 68 heavy (non-hydrogen) atoms. The number of carbonyl (C=O) groups excluding carboxylic acids is 3. The smallest absolute Gasteiger partial charge is 0.347 e. The normalized spacial score (nSPS) is 15.5. The first-order valence-electron chi connectivity index (χ1n) is 19.3. The van der Waals surface area contributed by atoms with Gasteiger partial charge in [-0.2, -0.15) is 49.6 Å². The Bertz CT molecular complexity index is 3010. The lowest BCUT2D eigenvalue weighted by atomic mass is 9.93. The van der Waals surface area contributed by atoms with Crippen LogP contribution in [-0.4, -0.2) is 85.6 Å². The highest BCUT2D eigenvalue weighted by Gasteiger charge is 2.55. The Labute approximate surface area is 382 Å². The van der Waals surface area contributed by atoms with E-state index in [1.807, 2.05) is 0 Å². The van der Waals surface area contributed by atoms with Crippen molar-refractivity contribution in [3.63, 3.8) is 0 Å². The summed E-state index contributed by atoms with van der Waals surface area (Å²) in [4.78, 5) is 63.0. The van der Waals surface area contributed by atoms with Crippen LogP contribution in [0.2, 0.25) is 5.02 Å². The molecule has 0 spiro atoms. The number of benzene rings is 2. The fourth-order valence-corrected chi connectivity index (χ4v) is 9.05. The van der Waals surface area contributed by atoms with Crippen molar-refractivity contribution in [2.75, 3.05) is 23.3 Å². The monoisotopic (exact) mass is 1030 g/mol. The third-order valence-corrected chi connectivity index (χ3v) is 12.4. The van der Waals surface area contributed by atoms with Gasteiger partial charge in [0.2, 0.25) is 15.9 Å². The van der Waals surface area contributed by atoms with Gasteiger partial charge in [0.25, 0.3) is 5.92 Å². The van der Waals surface area contributed by atoms with E-state index in [9.17, 15) is 62.5 Å². The van der Waals surface area contributed by atoms with E-state index in [0.29, 0.717) is 12.3 Å². The van der Waals surface area contributed by atoms with Gasteiger partial charge in [0.05, 0.1) is 46.0 Å². The summed E-state index contributed by atoms with van der Waals surface area (Å²) in [6, 6.07) is 5.01. The van der Waals surface area contributed by atoms with Crippen LogP contribution in [0.4, 0.5) is 49.7 Å². The topological polar surface area (TPSA) is 219 Å². The minimum absolute atomic E-state index is 0.108. The zero-order chi connectivity index (χ0) is 50.6. The second kappa shape index (κ2) is 18.5. The SMILES string of the molecule is C=C[C@@H]1Cc2c(C(F)(F)F)nn(CC(=O)N[C@@H](Cc3cc(F)cc(F)c3)c3nc(C)ccc3-c3ccc(Cl)c4c(N(C(=O)C(=O)NCCP(=O)(O)O)S(C)(=O)=O)nn(CC(F)(F)F)c34)c2C1(F)F. The van der Waals surface area contributed by atoms with Gasteiger partial charge in [-0.25, -0.2) is 17.2 Å². The van der Waals surface area contributed by atoms with Crippen LogP contribution in [-0.2, 0) is 67.0 Å². The van der Waals surface area contributed by atoms with E-state index in [2.05, 4.69) is 27.1 Å². The molecule has 1 aliphatic rings. The number of amides is 3. The van der Waals surface area contributed by atoms with Gasteiger partial charge >= 0.3 is 31.8 Å². The minimum Gasteiger partial charge on any atom is -0.347 e. The number of allylic oxidation sites excluding steroid dienone is 1. The number of carbonyl (C=O) groups is 3. The first-order chi connectivity index (χ1) is 31.3. The van der Waals surface area contributed by atoms with Gasteiger partial charge in [0, 0.05) is 35.0 Å². The molecular weight excluding hydrogens is 997 g/mol. The van der Waals surface area contributed by atoms with Crippen molar-refractivity contribution in [2.45, 2.75) is 57.2 Å². The van der Waals surface area contributed by atoms with Crippen molar-refractivity contribution in [2.24, 2.45) is 5.92 Å². The first kappa shape index (κ1) is 51.5. The fourth-order valence-electron chi connectivity index (χ4n) is 7.58. The lowest BCUT2D eigenvalue weighted by molar-refractivity contribution is -0.143. The summed E-state index contributed by atoms with van der Waals surface area (Å²) < 4.78 is 183. The zero-order valence-electron chi connectivity index (χ0n) is 34.8. The molecule has 0 saturated heterocycles. The average molecular weight is 1030 g/mol. The summed E-state index contributed by atoms with van der Waals surface area (Å²) in [7, 11) is -9.82. The van der Waals surface area contributed by atoms with Crippen LogP contribution in [0.3, 0.4) is 0 Å². The van der Waals surface area contributed by atoms with E-state index in [-0.39, 0.29) is 41.7 Å². The standard InChI is InChI=1S/C39H34ClF10N8O8PS/c1-4-20-14-25-32(39(48,49)50)54-56(33(25)38(20,46)47)16-28(59)53-27(13-19-11-21(41)15-22(42)12-19)30-23(6-5-18(2)52-30)24-7-8-26(40)29-31(24)57(17-37(43,44)45)55-34(29)58(68(3,65)66)36(61)35(60)51-9-10-67(62,63)64/h4-8,11-12,15,20,27H,1,9-10,13-14,16-17H2,2-3H3,(H,51,60)(H,53,59)(H2,62,63,64)/t20-,27+/m1/s1. The maximum absolute atomic E-state index is 15.6. The van der Waals surface area contributed by atoms with Gasteiger partial charge in [0.15, 0.2) is 11.5 Å². The Balaban J connectivity index is 1.54. The lowest BCUT2D eigenvalue weighted by Gasteiger charge is -2.24. The van der Waals surface area contributed by atoms with Crippen LogP contribution >= 0.6 is 19.2 Å². The summed E-state index contributed by atoms with van der Waals surface area (Å²) in [6.45, 7) is 0.427. The van der Waals surface area contributed by atoms with Crippen molar-refractivity contribution >= 4 is 63.7 Å². The summed E-state index contributed by atoms with van der Waals surface area (Å²) in [5.41, 5.74) is -5.63. The van der Waals surface area contributed by atoms with Gasteiger partial charge < -0.3 is 20.4 Å². The van der Waals surface area contributed by atoms with Crippen molar-refractivity contribution in [1.82, 2.24) is 35.2 Å². The van der Waals surface area contributed by atoms with Crippen molar-refractivity contribution in [3.8, 4) is 11.1 Å². The van der Waals surface area contributed by atoms with Gasteiger partial charge in [-0.15, -0.1) is 6.58 Å². The second-order valence-electron chi connectivity index (χ2n) is 15.4. The van der Waals surface area contributed by atoms with Crippen LogP contribution in [0.15, 0.2) is 55.1 Å². The number of rotatable bonds is 14. The number of nitrogens with zero attached hydrogens (tertiary/aromatic N) is 6. The quantitative estimate of drug-likeness (QED) is 0.0422. The van der Waals surface area contributed by atoms with E-state index < -0.39 is 155 Å². The van der Waals surface area contributed by atoms with Crippen molar-refractivity contribution in [1.29, 1.82) is 0 Å². The Morgan fingerprint density at radius 3 is 2.24 bits per heavy atom. The highest BCUT2D eigenvalue weighted by atomic mass is 35.5. The highest BCUT2D eigenvalue weighted by Crippen LogP contribution is 2.50. The van der Waals surface area contributed by atoms with Crippen molar-refractivity contribution < 1.29 is 81.1 Å². The molecular formula is C39H34ClF10N8O8PS. The maximum Gasteiger partial charge on any atom is 0.435 e. The van der Waals surface area contributed by atoms with Gasteiger partial charge in [-0.1, -0.05) is 29.8 Å². The van der Waals surface area contributed by atoms with E-state index >= 15 is 8.78 Å². The number of aryl methyl sites for hydroxylation is 1. The molecule has 6 rings (SSSR count). The summed E-state index contributed by atoms with van der Waals surface area (Å²) in [5.74, 6) is -14.4. The highest BCUT2D eigenvalue weighted by molar-refractivity contribution is 7.93. The minimum atomic E-state index is -5.25. The molecule has 2 aromatic carbocycles. The third kappa shape index (κ3) is 11.0. The number of sulfonamides is 1. The molecule has 3 amide bonds. The number of aromatic nitrogens is 5. The largest absolute Gasteiger partial charge is 0.435 e. The number of halogens is 11. The van der Waals surface area contributed by atoms with E-state index in [4.69, 9.17) is 21.4 Å². The Morgan fingerprint density at radius 1 is 1.03 bits per heavy atom. The van der Waals surface area contributed by atoms with E-state index in [0.717, 1.165) is 30.3 Å². The van der Waals surface area contributed by atoms with Crippen LogP contribution < -0.4 is 14.9 Å². The zero-order valence-corrected chi connectivity index (χ0v) is 37.2. The molecule has 4 N–H and O–H groups in total.